The number of benzene rings is 1. The lowest BCUT2D eigenvalue weighted by atomic mass is 9.99. The highest BCUT2D eigenvalue weighted by atomic mass is 79.9. The van der Waals surface area contributed by atoms with Gasteiger partial charge in [0.1, 0.15) is 0 Å². The first-order chi connectivity index (χ1) is 9.77. The van der Waals surface area contributed by atoms with Crippen LogP contribution in [0.3, 0.4) is 0 Å². The Morgan fingerprint density at radius 2 is 2.19 bits per heavy atom. The summed E-state index contributed by atoms with van der Waals surface area (Å²) in [5.74, 6) is -0.500. The molecule has 0 bridgehead atoms. The van der Waals surface area contributed by atoms with Gasteiger partial charge in [-0.05, 0) is 47.0 Å². The molecule has 1 saturated heterocycles. The fourth-order valence-corrected chi connectivity index (χ4v) is 3.68. The summed E-state index contributed by atoms with van der Waals surface area (Å²) < 4.78 is 25.2. The second-order valence-electron chi connectivity index (χ2n) is 5.08. The molecule has 0 aromatic heterocycles. The van der Waals surface area contributed by atoms with Gasteiger partial charge in [0.2, 0.25) is 15.9 Å². The third-order valence-corrected chi connectivity index (χ3v) is 5.89. The molecule has 1 amide bonds. The van der Waals surface area contributed by atoms with Crippen molar-refractivity contribution in [2.45, 2.75) is 12.8 Å². The molecule has 1 heterocycles. The lowest BCUT2D eigenvalue weighted by Gasteiger charge is -2.30. The van der Waals surface area contributed by atoms with Crippen molar-refractivity contribution >= 4 is 49.1 Å². The number of sulfonamides is 1. The van der Waals surface area contributed by atoms with Crippen molar-refractivity contribution in [3.63, 3.8) is 0 Å². The van der Waals surface area contributed by atoms with Gasteiger partial charge in [0.05, 0.1) is 17.2 Å². The summed E-state index contributed by atoms with van der Waals surface area (Å²) in [4.78, 5) is 12.3. The van der Waals surface area contributed by atoms with Gasteiger partial charge in [-0.25, -0.2) is 12.7 Å². The number of carbonyl (C=O) groups is 1. The molecule has 0 unspecified atom stereocenters. The maximum Gasteiger partial charge on any atom is 0.228 e. The normalized spacial score (nSPS) is 20.2. The van der Waals surface area contributed by atoms with Crippen molar-refractivity contribution in [2.75, 3.05) is 24.7 Å². The van der Waals surface area contributed by atoms with E-state index in [1.165, 1.54) is 10.6 Å². The predicted octanol–water partition coefficient (Wildman–Crippen LogP) is 2.71. The Kier molecular flexibility index (Phi) is 5.29. The van der Waals surface area contributed by atoms with Gasteiger partial charge in [0, 0.05) is 23.2 Å². The highest BCUT2D eigenvalue weighted by Crippen LogP contribution is 2.26. The zero-order chi connectivity index (χ0) is 15.6. The number of piperidine rings is 1. The van der Waals surface area contributed by atoms with Crippen LogP contribution in [0.25, 0.3) is 0 Å². The van der Waals surface area contributed by atoms with Crippen molar-refractivity contribution in [2.24, 2.45) is 5.92 Å². The molecule has 5 nitrogen and oxygen atoms in total. The average Bonchev–Trinajstić information content (AvgIpc) is 2.42. The van der Waals surface area contributed by atoms with E-state index in [2.05, 4.69) is 21.2 Å². The number of amides is 1. The zero-order valence-corrected chi connectivity index (χ0v) is 14.6. The number of nitrogens with zero attached hydrogens (tertiary/aromatic N) is 1. The van der Waals surface area contributed by atoms with E-state index in [1.807, 2.05) is 0 Å². The van der Waals surface area contributed by atoms with Crippen molar-refractivity contribution in [3.05, 3.63) is 27.7 Å². The lowest BCUT2D eigenvalue weighted by molar-refractivity contribution is -0.120. The smallest absolute Gasteiger partial charge is 0.228 e. The third kappa shape index (κ3) is 4.42. The van der Waals surface area contributed by atoms with E-state index in [1.54, 1.807) is 18.2 Å². The minimum atomic E-state index is -3.25. The average molecular weight is 396 g/mol. The van der Waals surface area contributed by atoms with E-state index in [0.717, 1.165) is 0 Å². The minimum Gasteiger partial charge on any atom is -0.326 e. The minimum absolute atomic E-state index is 0.169. The Morgan fingerprint density at radius 1 is 1.48 bits per heavy atom. The molecular weight excluding hydrogens is 380 g/mol. The Labute approximate surface area is 137 Å². The highest BCUT2D eigenvalue weighted by Gasteiger charge is 2.30. The lowest BCUT2D eigenvalue weighted by Crippen LogP contribution is -2.43. The molecular formula is C13H16BrClN2O3S. The Bertz CT molecular complexity index is 651. The third-order valence-electron chi connectivity index (χ3n) is 3.41. The first kappa shape index (κ1) is 16.7. The van der Waals surface area contributed by atoms with Crippen molar-refractivity contribution in [3.8, 4) is 0 Å². The second-order valence-corrected chi connectivity index (χ2v) is 8.32. The van der Waals surface area contributed by atoms with Crippen molar-refractivity contribution < 1.29 is 13.2 Å². The molecule has 0 radical (unpaired) electrons. The summed E-state index contributed by atoms with van der Waals surface area (Å²) in [6, 6.07) is 5.12. The first-order valence-electron chi connectivity index (χ1n) is 6.48. The molecule has 0 spiro atoms. The number of hydrogen-bond donors (Lipinski definition) is 1. The van der Waals surface area contributed by atoms with E-state index < -0.39 is 10.0 Å². The SMILES string of the molecule is CS(=O)(=O)N1CCC[C@H](C(=O)Nc2ccc(Cl)c(Br)c2)C1. The van der Waals surface area contributed by atoms with Gasteiger partial charge in [-0.15, -0.1) is 0 Å². The van der Waals surface area contributed by atoms with Gasteiger partial charge in [0.15, 0.2) is 0 Å². The molecule has 8 heteroatoms. The number of nitrogens with one attached hydrogen (secondary N) is 1. The zero-order valence-electron chi connectivity index (χ0n) is 11.5. The predicted molar refractivity (Wildman–Crippen MR) is 86.9 cm³/mol. The van der Waals surface area contributed by atoms with Crippen LogP contribution in [-0.2, 0) is 14.8 Å². The van der Waals surface area contributed by atoms with Gasteiger partial charge < -0.3 is 5.32 Å². The number of hydrogen-bond acceptors (Lipinski definition) is 3. The van der Waals surface area contributed by atoms with Crippen LogP contribution in [0.15, 0.2) is 22.7 Å². The van der Waals surface area contributed by atoms with Gasteiger partial charge >= 0.3 is 0 Å². The monoisotopic (exact) mass is 394 g/mol. The van der Waals surface area contributed by atoms with Crippen LogP contribution >= 0.6 is 27.5 Å². The molecule has 0 aliphatic carbocycles. The standard InChI is InChI=1S/C13H16BrClN2O3S/c1-21(19,20)17-6-2-3-9(8-17)13(18)16-10-4-5-12(15)11(14)7-10/h4-5,7,9H,2-3,6,8H2,1H3,(H,16,18)/t9-/m0/s1. The van der Waals surface area contributed by atoms with Crippen LogP contribution in [0, 0.1) is 5.92 Å². The van der Waals surface area contributed by atoms with Gasteiger partial charge in [-0.2, -0.15) is 0 Å². The largest absolute Gasteiger partial charge is 0.326 e. The maximum atomic E-state index is 12.3. The molecule has 116 valence electrons. The van der Waals surface area contributed by atoms with Gasteiger partial charge in [0.25, 0.3) is 0 Å². The second kappa shape index (κ2) is 6.64. The topological polar surface area (TPSA) is 66.5 Å². The summed E-state index contributed by atoms with van der Waals surface area (Å²) in [7, 11) is -3.25. The van der Waals surface area contributed by atoms with Crippen LogP contribution in [0.2, 0.25) is 5.02 Å². The maximum absolute atomic E-state index is 12.3. The van der Waals surface area contributed by atoms with E-state index in [9.17, 15) is 13.2 Å². The van der Waals surface area contributed by atoms with Crippen LogP contribution < -0.4 is 5.32 Å². The van der Waals surface area contributed by atoms with Crippen LogP contribution in [0.5, 0.6) is 0 Å². The Balaban J connectivity index is 2.04. The van der Waals surface area contributed by atoms with Gasteiger partial charge in [-0.3, -0.25) is 4.79 Å². The van der Waals surface area contributed by atoms with Crippen LogP contribution in [0.4, 0.5) is 5.69 Å². The molecule has 1 aliphatic rings. The summed E-state index contributed by atoms with van der Waals surface area (Å²) in [6.07, 6.45) is 2.55. The summed E-state index contributed by atoms with van der Waals surface area (Å²) >= 11 is 9.20. The van der Waals surface area contributed by atoms with Gasteiger partial charge in [-0.1, -0.05) is 11.6 Å². The summed E-state index contributed by atoms with van der Waals surface area (Å²) in [6.45, 7) is 0.717. The Hall–Kier alpha value is -0.630. The van der Waals surface area contributed by atoms with Crippen LogP contribution in [0.1, 0.15) is 12.8 Å². The highest BCUT2D eigenvalue weighted by molar-refractivity contribution is 9.10. The first-order valence-corrected chi connectivity index (χ1v) is 9.50. The van der Waals surface area contributed by atoms with E-state index in [0.29, 0.717) is 34.6 Å². The molecule has 21 heavy (non-hydrogen) atoms. The molecule has 1 aromatic carbocycles. The number of carbonyl (C=O) groups excluding carboxylic acids is 1. The molecule has 1 atom stereocenters. The Morgan fingerprint density at radius 3 is 2.81 bits per heavy atom. The van der Waals surface area contributed by atoms with Crippen molar-refractivity contribution in [1.29, 1.82) is 0 Å². The van der Waals surface area contributed by atoms with E-state index in [-0.39, 0.29) is 18.4 Å². The number of anilines is 1. The van der Waals surface area contributed by atoms with E-state index >= 15 is 0 Å². The van der Waals surface area contributed by atoms with Crippen molar-refractivity contribution in [1.82, 2.24) is 4.31 Å². The number of halogens is 2. The fourth-order valence-electron chi connectivity index (χ4n) is 2.28. The molecule has 1 fully saturated rings. The molecule has 0 saturated carbocycles. The molecule has 1 N–H and O–H groups in total. The molecule has 1 aromatic rings. The van der Waals surface area contributed by atoms with Crippen LogP contribution in [-0.4, -0.2) is 38.0 Å². The summed E-state index contributed by atoms with van der Waals surface area (Å²) in [5, 5.41) is 3.37. The van der Waals surface area contributed by atoms with E-state index in [4.69, 9.17) is 11.6 Å². The molecule has 1 aliphatic heterocycles. The fraction of sp³-hybridized carbons (Fsp3) is 0.462. The molecule has 2 rings (SSSR count). The quantitative estimate of drug-likeness (QED) is 0.856. The summed E-state index contributed by atoms with van der Waals surface area (Å²) in [5.41, 5.74) is 0.632. The number of rotatable bonds is 3.